The molecule has 0 spiro atoms. The molecule has 1 rings (SSSR count). The molecular weight excluding hydrogens is 289 g/mol. The number of halogens is 3. The molecule has 4 nitrogen and oxygen atoms in total. The van der Waals surface area contributed by atoms with Crippen LogP contribution < -0.4 is 5.73 Å². The Labute approximate surface area is 114 Å². The van der Waals surface area contributed by atoms with Crippen molar-refractivity contribution in [1.29, 1.82) is 0 Å². The number of alkyl halides is 3. The summed E-state index contributed by atoms with van der Waals surface area (Å²) in [6.45, 7) is 5.70. The Bertz CT molecular complexity index is 610. The molecule has 0 bridgehead atoms. The average molecular weight is 302 g/mol. The highest BCUT2D eigenvalue weighted by molar-refractivity contribution is 6.83. The summed E-state index contributed by atoms with van der Waals surface area (Å²) in [6.07, 6.45) is -4.69. The Morgan fingerprint density at radius 1 is 1.30 bits per heavy atom. The zero-order valence-electron chi connectivity index (χ0n) is 11.1. The first-order valence-electron chi connectivity index (χ1n) is 5.60. The van der Waals surface area contributed by atoms with Gasteiger partial charge in [0.05, 0.1) is 16.1 Å². The maximum absolute atomic E-state index is 12.7. The van der Waals surface area contributed by atoms with Crippen molar-refractivity contribution in [3.63, 3.8) is 0 Å². The van der Waals surface area contributed by atoms with Gasteiger partial charge in [0.1, 0.15) is 13.8 Å². The van der Waals surface area contributed by atoms with Crippen molar-refractivity contribution in [1.82, 2.24) is 0 Å². The van der Waals surface area contributed by atoms with Gasteiger partial charge in [0.15, 0.2) is 0 Å². The molecule has 0 aliphatic carbocycles. The maximum Gasteiger partial charge on any atom is 0.416 e. The molecule has 0 aromatic heterocycles. The molecule has 0 atom stereocenters. The smallest absolute Gasteiger partial charge is 0.392 e. The summed E-state index contributed by atoms with van der Waals surface area (Å²) in [7, 11) is -1.84. The van der Waals surface area contributed by atoms with Crippen LogP contribution in [0.1, 0.15) is 11.1 Å². The number of nitro benzene ring substituents is 1. The average Bonchev–Trinajstić information content (AvgIpc) is 2.24. The van der Waals surface area contributed by atoms with E-state index >= 15 is 0 Å². The summed E-state index contributed by atoms with van der Waals surface area (Å²) in [5.41, 5.74) is 5.97. The molecule has 0 aliphatic rings. The van der Waals surface area contributed by atoms with Crippen molar-refractivity contribution in [3.8, 4) is 11.5 Å². The minimum absolute atomic E-state index is 0.158. The molecule has 8 heteroatoms. The van der Waals surface area contributed by atoms with Gasteiger partial charge in [-0.1, -0.05) is 25.6 Å². The lowest BCUT2D eigenvalue weighted by Gasteiger charge is -2.09. The quantitative estimate of drug-likeness (QED) is 0.284. The van der Waals surface area contributed by atoms with Crippen molar-refractivity contribution >= 4 is 19.4 Å². The van der Waals surface area contributed by atoms with Crippen LogP contribution in [0.2, 0.25) is 19.6 Å². The summed E-state index contributed by atoms with van der Waals surface area (Å²) in [6, 6.07) is 1.17. The molecule has 108 valence electrons. The Balaban J connectivity index is 3.54. The summed E-state index contributed by atoms with van der Waals surface area (Å²) < 4.78 is 38.1. The van der Waals surface area contributed by atoms with E-state index in [1.165, 1.54) is 0 Å². The fourth-order valence-corrected chi connectivity index (χ4v) is 1.82. The second-order valence-corrected chi connectivity index (χ2v) is 9.96. The van der Waals surface area contributed by atoms with Crippen LogP contribution in [0.5, 0.6) is 0 Å². The molecule has 0 aliphatic heterocycles. The topological polar surface area (TPSA) is 69.2 Å². The van der Waals surface area contributed by atoms with Crippen molar-refractivity contribution in [3.05, 3.63) is 33.4 Å². The van der Waals surface area contributed by atoms with E-state index in [1.54, 1.807) is 0 Å². The molecule has 0 amide bonds. The van der Waals surface area contributed by atoms with Gasteiger partial charge in [-0.3, -0.25) is 10.1 Å². The second-order valence-electron chi connectivity index (χ2n) is 5.21. The molecule has 0 fully saturated rings. The lowest BCUT2D eigenvalue weighted by Crippen LogP contribution is -2.16. The largest absolute Gasteiger partial charge is 0.416 e. The molecule has 20 heavy (non-hydrogen) atoms. The van der Waals surface area contributed by atoms with Crippen molar-refractivity contribution in [2.75, 3.05) is 5.73 Å². The van der Waals surface area contributed by atoms with E-state index in [-0.39, 0.29) is 11.3 Å². The molecule has 0 saturated heterocycles. The summed E-state index contributed by atoms with van der Waals surface area (Å²) in [5, 5.41) is 10.8. The van der Waals surface area contributed by atoms with Gasteiger partial charge in [0, 0.05) is 6.07 Å². The Hall–Kier alpha value is -2.01. The number of nitro groups is 1. The number of nitrogens with zero attached hydrogens (tertiary/aromatic N) is 1. The molecule has 2 N–H and O–H groups in total. The van der Waals surface area contributed by atoms with Crippen LogP contribution in [-0.4, -0.2) is 13.0 Å². The summed E-state index contributed by atoms with van der Waals surface area (Å²) in [4.78, 5) is 9.83. The Kier molecular flexibility index (Phi) is 4.14. The minimum atomic E-state index is -4.69. The lowest BCUT2D eigenvalue weighted by molar-refractivity contribution is -0.384. The third-order valence-electron chi connectivity index (χ3n) is 2.25. The normalized spacial score (nSPS) is 11.7. The van der Waals surface area contributed by atoms with Gasteiger partial charge in [-0.2, -0.15) is 13.2 Å². The van der Waals surface area contributed by atoms with Gasteiger partial charge in [-0.25, -0.2) is 0 Å². The summed E-state index contributed by atoms with van der Waals surface area (Å²) in [5.74, 6) is 2.54. The second kappa shape index (κ2) is 5.17. The van der Waals surface area contributed by atoms with E-state index in [1.807, 2.05) is 19.6 Å². The number of hydrogen-bond acceptors (Lipinski definition) is 3. The van der Waals surface area contributed by atoms with Gasteiger partial charge in [-0.05, 0) is 6.07 Å². The first-order chi connectivity index (χ1) is 8.92. The van der Waals surface area contributed by atoms with Gasteiger partial charge in [0.25, 0.3) is 5.69 Å². The highest BCUT2D eigenvalue weighted by Gasteiger charge is 2.34. The lowest BCUT2D eigenvalue weighted by atomic mass is 10.1. The zero-order chi connectivity index (χ0) is 15.7. The number of hydrogen-bond donors (Lipinski definition) is 1. The molecular formula is C12H13F3N2O2Si. The summed E-state index contributed by atoms with van der Waals surface area (Å²) >= 11 is 0. The highest BCUT2D eigenvalue weighted by Crippen LogP contribution is 2.36. The minimum Gasteiger partial charge on any atom is -0.392 e. The number of benzene rings is 1. The van der Waals surface area contributed by atoms with E-state index in [0.717, 1.165) is 6.07 Å². The van der Waals surface area contributed by atoms with Crippen LogP contribution >= 0.6 is 0 Å². The first-order valence-corrected chi connectivity index (χ1v) is 9.10. The molecule has 0 saturated carbocycles. The van der Waals surface area contributed by atoms with Crippen LogP contribution in [0.25, 0.3) is 0 Å². The Morgan fingerprint density at radius 2 is 1.85 bits per heavy atom. The zero-order valence-corrected chi connectivity index (χ0v) is 12.1. The molecule has 1 aromatic carbocycles. The first kappa shape index (κ1) is 16.0. The molecule has 0 heterocycles. The van der Waals surface area contributed by atoms with Crippen molar-refractivity contribution < 1.29 is 18.1 Å². The molecule has 1 aromatic rings. The van der Waals surface area contributed by atoms with E-state index in [4.69, 9.17) is 5.73 Å². The van der Waals surface area contributed by atoms with Gasteiger partial charge in [-0.15, -0.1) is 5.54 Å². The molecule has 0 unspecified atom stereocenters. The number of rotatable bonds is 1. The standard InChI is InChI=1S/C12H13F3N2O2Si/c1-20(2,3)5-4-8-6-9(12(13,14)15)7-10(11(8)16)17(18)19/h6-7H,16H2,1-3H3. The fraction of sp³-hybridized carbons (Fsp3) is 0.333. The highest BCUT2D eigenvalue weighted by atomic mass is 28.3. The SMILES string of the molecule is C[Si](C)(C)C#Cc1cc(C(F)(F)F)cc([N+](=O)[O-])c1N. The van der Waals surface area contributed by atoms with Crippen LogP contribution in [0.4, 0.5) is 24.5 Å². The van der Waals surface area contributed by atoms with E-state index in [2.05, 4.69) is 11.5 Å². The van der Waals surface area contributed by atoms with Crippen LogP contribution in [-0.2, 0) is 6.18 Å². The van der Waals surface area contributed by atoms with Gasteiger partial charge < -0.3 is 5.73 Å². The van der Waals surface area contributed by atoms with Gasteiger partial charge >= 0.3 is 6.18 Å². The predicted octanol–water partition coefficient (Wildman–Crippen LogP) is 3.42. The van der Waals surface area contributed by atoms with Crippen LogP contribution in [0.3, 0.4) is 0 Å². The predicted molar refractivity (Wildman–Crippen MR) is 72.7 cm³/mol. The van der Waals surface area contributed by atoms with Gasteiger partial charge in [0.2, 0.25) is 0 Å². The van der Waals surface area contributed by atoms with E-state index in [0.29, 0.717) is 6.07 Å². The van der Waals surface area contributed by atoms with E-state index in [9.17, 15) is 23.3 Å². The maximum atomic E-state index is 12.7. The number of nitrogen functional groups attached to an aromatic ring is 1. The Morgan fingerprint density at radius 3 is 2.25 bits per heavy atom. The molecule has 0 radical (unpaired) electrons. The third-order valence-corrected chi connectivity index (χ3v) is 3.13. The van der Waals surface area contributed by atoms with E-state index < -0.39 is 30.4 Å². The fourth-order valence-electron chi connectivity index (χ4n) is 1.31. The van der Waals surface area contributed by atoms with Crippen LogP contribution in [0.15, 0.2) is 12.1 Å². The van der Waals surface area contributed by atoms with Crippen LogP contribution in [0, 0.1) is 21.6 Å². The number of nitrogens with two attached hydrogens (primary N) is 1. The number of anilines is 1. The monoisotopic (exact) mass is 302 g/mol. The van der Waals surface area contributed by atoms with Crippen molar-refractivity contribution in [2.45, 2.75) is 25.8 Å². The third kappa shape index (κ3) is 3.99. The van der Waals surface area contributed by atoms with Crippen molar-refractivity contribution in [2.24, 2.45) is 0 Å².